The first-order chi connectivity index (χ1) is 14.1. The van der Waals surface area contributed by atoms with Crippen LogP contribution in [0.5, 0.6) is 11.5 Å². The summed E-state index contributed by atoms with van der Waals surface area (Å²) in [6, 6.07) is 2.27. The van der Waals surface area contributed by atoms with Crippen molar-refractivity contribution in [3.63, 3.8) is 0 Å². The molecule has 7 heteroatoms. The summed E-state index contributed by atoms with van der Waals surface area (Å²) in [7, 11) is 1.57. The maximum atomic E-state index is 13.3. The Morgan fingerprint density at radius 1 is 1.27 bits per heavy atom. The molecule has 2 aliphatic heterocycles. The molecule has 0 spiro atoms. The number of methoxy groups -OCH3 is 1. The fourth-order valence-electron chi connectivity index (χ4n) is 4.76. The van der Waals surface area contributed by atoms with E-state index in [1.54, 1.807) is 7.11 Å². The SMILES string of the molecule is COc1cc2c(c(Cl)c1OCC1(C(F)F)CC1)CCN1CC(OC(C)(C)C)CCC21. The zero-order valence-electron chi connectivity index (χ0n) is 18.3. The number of fused-ring (bicyclic) bond motifs is 3. The van der Waals surface area contributed by atoms with Crippen molar-refractivity contribution >= 4 is 11.6 Å². The topological polar surface area (TPSA) is 30.9 Å². The van der Waals surface area contributed by atoms with E-state index in [9.17, 15) is 8.78 Å². The van der Waals surface area contributed by atoms with E-state index in [-0.39, 0.29) is 24.4 Å². The second-order valence-electron chi connectivity index (χ2n) is 9.93. The van der Waals surface area contributed by atoms with Gasteiger partial charge in [0.25, 0.3) is 0 Å². The average Bonchev–Trinajstić information content (AvgIpc) is 3.46. The molecule has 3 aliphatic rings. The van der Waals surface area contributed by atoms with Gasteiger partial charge in [-0.2, -0.15) is 0 Å². The maximum Gasteiger partial charge on any atom is 0.247 e. The lowest BCUT2D eigenvalue weighted by Gasteiger charge is -2.45. The number of halogens is 3. The lowest BCUT2D eigenvalue weighted by Crippen LogP contribution is -2.47. The van der Waals surface area contributed by atoms with E-state index in [1.165, 1.54) is 5.56 Å². The van der Waals surface area contributed by atoms with E-state index < -0.39 is 11.8 Å². The second kappa shape index (κ2) is 8.10. The van der Waals surface area contributed by atoms with Crippen LogP contribution in [0.2, 0.25) is 5.02 Å². The van der Waals surface area contributed by atoms with Crippen LogP contribution in [0.3, 0.4) is 0 Å². The van der Waals surface area contributed by atoms with Gasteiger partial charge in [0.2, 0.25) is 6.43 Å². The van der Waals surface area contributed by atoms with E-state index in [1.807, 2.05) is 6.07 Å². The van der Waals surface area contributed by atoms with Crippen molar-refractivity contribution in [2.45, 2.75) is 77.0 Å². The van der Waals surface area contributed by atoms with Crippen LogP contribution in [0.1, 0.15) is 63.6 Å². The van der Waals surface area contributed by atoms with Gasteiger partial charge < -0.3 is 14.2 Å². The standard InChI is InChI=1S/C23H32ClF2NO3/c1-22(2,3)30-14-5-6-17-16-11-18(28-4)20(29-13-23(8-9-23)21(25)26)19(24)15(16)7-10-27(17)12-14/h11,14,17,21H,5-10,12-13H2,1-4H3. The summed E-state index contributed by atoms with van der Waals surface area (Å²) in [6.07, 6.45) is 1.61. The molecule has 4 nitrogen and oxygen atoms in total. The summed E-state index contributed by atoms with van der Waals surface area (Å²) in [5.74, 6) is 0.932. The highest BCUT2D eigenvalue weighted by Crippen LogP contribution is 2.53. The van der Waals surface area contributed by atoms with E-state index in [0.717, 1.165) is 37.9 Å². The summed E-state index contributed by atoms with van der Waals surface area (Å²) in [5, 5.41) is 0.516. The molecule has 2 heterocycles. The van der Waals surface area contributed by atoms with Gasteiger partial charge in [0.15, 0.2) is 11.5 Å². The molecule has 2 atom stereocenters. The Hall–Kier alpha value is -1.11. The van der Waals surface area contributed by atoms with E-state index in [4.69, 9.17) is 25.8 Å². The quantitative estimate of drug-likeness (QED) is 0.568. The maximum absolute atomic E-state index is 13.3. The van der Waals surface area contributed by atoms with Crippen molar-refractivity contribution in [1.82, 2.24) is 4.90 Å². The van der Waals surface area contributed by atoms with Crippen molar-refractivity contribution in [1.29, 1.82) is 0 Å². The molecule has 0 bridgehead atoms. The highest BCUT2D eigenvalue weighted by molar-refractivity contribution is 6.33. The van der Waals surface area contributed by atoms with Crippen molar-refractivity contribution in [2.24, 2.45) is 5.41 Å². The van der Waals surface area contributed by atoms with Crippen LogP contribution < -0.4 is 9.47 Å². The van der Waals surface area contributed by atoms with Gasteiger partial charge in [-0.25, -0.2) is 8.78 Å². The predicted octanol–water partition coefficient (Wildman–Crippen LogP) is 5.65. The number of rotatable bonds is 6. The third-order valence-electron chi connectivity index (χ3n) is 6.57. The van der Waals surface area contributed by atoms with Gasteiger partial charge in [0, 0.05) is 19.1 Å². The zero-order chi connectivity index (χ0) is 21.7. The van der Waals surface area contributed by atoms with Crippen LogP contribution in [-0.4, -0.2) is 49.8 Å². The fourth-order valence-corrected chi connectivity index (χ4v) is 5.11. The lowest BCUT2D eigenvalue weighted by molar-refractivity contribution is -0.0971. The van der Waals surface area contributed by atoms with Gasteiger partial charge in [0.05, 0.1) is 35.9 Å². The van der Waals surface area contributed by atoms with E-state index in [0.29, 0.717) is 29.4 Å². The summed E-state index contributed by atoms with van der Waals surface area (Å²) < 4.78 is 44.2. The van der Waals surface area contributed by atoms with Crippen LogP contribution >= 0.6 is 11.6 Å². The molecule has 30 heavy (non-hydrogen) atoms. The average molecular weight is 444 g/mol. The number of ether oxygens (including phenoxy) is 3. The van der Waals surface area contributed by atoms with Crippen LogP contribution in [-0.2, 0) is 11.2 Å². The second-order valence-corrected chi connectivity index (χ2v) is 10.3. The molecule has 0 amide bonds. The Morgan fingerprint density at radius 3 is 2.60 bits per heavy atom. The molecule has 4 rings (SSSR count). The van der Waals surface area contributed by atoms with E-state index >= 15 is 0 Å². The summed E-state index contributed by atoms with van der Waals surface area (Å²) >= 11 is 6.75. The molecule has 168 valence electrons. The first-order valence-corrected chi connectivity index (χ1v) is 11.2. The molecule has 1 aliphatic carbocycles. The molecular formula is C23H32ClF2NO3. The van der Waals surface area contributed by atoms with Gasteiger partial charge in [-0.3, -0.25) is 4.90 Å². The third kappa shape index (κ3) is 4.28. The Kier molecular flexibility index (Phi) is 5.97. The number of benzene rings is 1. The lowest BCUT2D eigenvalue weighted by atomic mass is 9.85. The third-order valence-corrected chi connectivity index (χ3v) is 6.97. The van der Waals surface area contributed by atoms with Crippen LogP contribution in [0.4, 0.5) is 8.78 Å². The van der Waals surface area contributed by atoms with Crippen LogP contribution in [0.25, 0.3) is 0 Å². The molecule has 2 unspecified atom stereocenters. The summed E-state index contributed by atoms with van der Waals surface area (Å²) in [4.78, 5) is 2.47. The van der Waals surface area contributed by atoms with Crippen LogP contribution in [0, 0.1) is 5.41 Å². The van der Waals surface area contributed by atoms with Gasteiger partial charge in [-0.05, 0) is 70.1 Å². The zero-order valence-corrected chi connectivity index (χ0v) is 19.0. The summed E-state index contributed by atoms with van der Waals surface area (Å²) in [5.41, 5.74) is 1.05. The first kappa shape index (κ1) is 22.1. The Labute approximate surface area is 182 Å². The Bertz CT molecular complexity index is 792. The molecule has 1 saturated heterocycles. The largest absolute Gasteiger partial charge is 0.493 e. The highest BCUT2D eigenvalue weighted by atomic mass is 35.5. The molecule has 1 aromatic carbocycles. The van der Waals surface area contributed by atoms with Crippen molar-refractivity contribution in [2.75, 3.05) is 26.8 Å². The van der Waals surface area contributed by atoms with E-state index in [2.05, 4.69) is 25.7 Å². The minimum atomic E-state index is -2.38. The molecule has 2 fully saturated rings. The Morgan fingerprint density at radius 2 is 2.00 bits per heavy atom. The molecule has 0 aromatic heterocycles. The highest BCUT2D eigenvalue weighted by Gasteiger charge is 2.52. The number of piperidine rings is 1. The first-order valence-electron chi connectivity index (χ1n) is 10.9. The number of hydrogen-bond donors (Lipinski definition) is 0. The molecule has 1 aromatic rings. The normalized spacial score (nSPS) is 25.6. The predicted molar refractivity (Wildman–Crippen MR) is 113 cm³/mol. The monoisotopic (exact) mass is 443 g/mol. The smallest absolute Gasteiger partial charge is 0.247 e. The molecular weight excluding hydrogens is 412 g/mol. The molecule has 0 N–H and O–H groups in total. The van der Waals surface area contributed by atoms with Crippen LogP contribution in [0.15, 0.2) is 6.07 Å². The van der Waals surface area contributed by atoms with Crippen molar-refractivity contribution < 1.29 is 23.0 Å². The molecule has 1 saturated carbocycles. The minimum Gasteiger partial charge on any atom is -0.493 e. The van der Waals surface area contributed by atoms with Gasteiger partial charge in [0.1, 0.15) is 0 Å². The minimum absolute atomic E-state index is 0.0269. The Balaban J connectivity index is 1.55. The van der Waals surface area contributed by atoms with Gasteiger partial charge in [-0.15, -0.1) is 0 Å². The fraction of sp³-hybridized carbons (Fsp3) is 0.739. The number of nitrogens with zero attached hydrogens (tertiary/aromatic N) is 1. The van der Waals surface area contributed by atoms with Crippen molar-refractivity contribution in [3.05, 3.63) is 22.2 Å². The number of hydrogen-bond acceptors (Lipinski definition) is 4. The number of alkyl halides is 2. The van der Waals surface area contributed by atoms with Gasteiger partial charge in [-0.1, -0.05) is 11.6 Å². The van der Waals surface area contributed by atoms with Gasteiger partial charge >= 0.3 is 0 Å². The van der Waals surface area contributed by atoms with Crippen molar-refractivity contribution in [3.8, 4) is 11.5 Å². The summed E-state index contributed by atoms with van der Waals surface area (Å²) in [6.45, 7) is 8.05. The molecule has 0 radical (unpaired) electrons.